The van der Waals surface area contributed by atoms with Crippen LogP contribution in [-0.4, -0.2) is 17.6 Å². The second-order valence-corrected chi connectivity index (χ2v) is 3.21. The standard InChI is InChI=1S/C11H11FN2O2/c12-9-3-1-8(2-4-9)10(7-13)14-6-5-11(15)16/h1-4,10,14H,5-6H2,(H,15,16). The van der Waals surface area contributed by atoms with E-state index in [2.05, 4.69) is 5.32 Å². The summed E-state index contributed by atoms with van der Waals surface area (Å²) in [5, 5.41) is 20.1. The van der Waals surface area contributed by atoms with Gasteiger partial charge in [0.15, 0.2) is 0 Å². The zero-order chi connectivity index (χ0) is 12.0. The minimum absolute atomic E-state index is 0.0562. The van der Waals surface area contributed by atoms with E-state index in [1.165, 1.54) is 24.3 Å². The van der Waals surface area contributed by atoms with Gasteiger partial charge in [-0.05, 0) is 17.7 Å². The molecular formula is C11H11FN2O2. The lowest BCUT2D eigenvalue weighted by Gasteiger charge is -2.10. The summed E-state index contributed by atoms with van der Waals surface area (Å²) in [6.45, 7) is 0.199. The predicted molar refractivity (Wildman–Crippen MR) is 55.0 cm³/mol. The number of carboxylic acids is 1. The van der Waals surface area contributed by atoms with Gasteiger partial charge in [0.25, 0.3) is 0 Å². The molecule has 1 aromatic rings. The molecule has 0 amide bonds. The number of carboxylic acid groups (broad SMARTS) is 1. The molecule has 0 aliphatic heterocycles. The summed E-state index contributed by atoms with van der Waals surface area (Å²) < 4.78 is 12.6. The summed E-state index contributed by atoms with van der Waals surface area (Å²) in [6, 6.07) is 6.89. The summed E-state index contributed by atoms with van der Waals surface area (Å²) in [5.74, 6) is -1.30. The third kappa shape index (κ3) is 3.67. The van der Waals surface area contributed by atoms with E-state index in [1.54, 1.807) is 0 Å². The molecule has 0 heterocycles. The van der Waals surface area contributed by atoms with Crippen molar-refractivity contribution >= 4 is 5.97 Å². The molecule has 1 aromatic carbocycles. The van der Waals surface area contributed by atoms with E-state index in [-0.39, 0.29) is 18.8 Å². The van der Waals surface area contributed by atoms with Crippen LogP contribution in [0.3, 0.4) is 0 Å². The molecule has 0 spiro atoms. The van der Waals surface area contributed by atoms with Crippen molar-refractivity contribution < 1.29 is 14.3 Å². The van der Waals surface area contributed by atoms with Crippen LogP contribution in [0.15, 0.2) is 24.3 Å². The maximum absolute atomic E-state index is 12.6. The molecule has 0 saturated carbocycles. The van der Waals surface area contributed by atoms with Crippen LogP contribution in [0.5, 0.6) is 0 Å². The number of nitriles is 1. The van der Waals surface area contributed by atoms with Crippen molar-refractivity contribution in [3.8, 4) is 6.07 Å². The van der Waals surface area contributed by atoms with E-state index >= 15 is 0 Å². The third-order valence-corrected chi connectivity index (χ3v) is 2.02. The fourth-order valence-electron chi connectivity index (χ4n) is 1.22. The van der Waals surface area contributed by atoms with Crippen LogP contribution in [0.25, 0.3) is 0 Å². The van der Waals surface area contributed by atoms with Gasteiger partial charge in [-0.1, -0.05) is 12.1 Å². The maximum atomic E-state index is 12.6. The van der Waals surface area contributed by atoms with Gasteiger partial charge in [0.05, 0.1) is 12.5 Å². The van der Waals surface area contributed by atoms with Crippen molar-refractivity contribution in [1.29, 1.82) is 5.26 Å². The number of halogens is 1. The second kappa shape index (κ2) is 5.83. The molecule has 0 aliphatic rings. The quantitative estimate of drug-likeness (QED) is 0.790. The zero-order valence-corrected chi connectivity index (χ0v) is 8.48. The summed E-state index contributed by atoms with van der Waals surface area (Å²) in [6.07, 6.45) is -0.0562. The Balaban J connectivity index is 2.58. The Morgan fingerprint density at radius 2 is 2.12 bits per heavy atom. The van der Waals surface area contributed by atoms with Gasteiger partial charge in [-0.25, -0.2) is 4.39 Å². The van der Waals surface area contributed by atoms with Crippen molar-refractivity contribution in [2.24, 2.45) is 0 Å². The Labute approximate surface area is 92.3 Å². The van der Waals surface area contributed by atoms with Gasteiger partial charge in [-0.2, -0.15) is 5.26 Å². The lowest BCUT2D eigenvalue weighted by atomic mass is 10.1. The van der Waals surface area contributed by atoms with E-state index in [0.29, 0.717) is 5.56 Å². The van der Waals surface area contributed by atoms with Crippen LogP contribution in [0.1, 0.15) is 18.0 Å². The molecule has 0 bridgehead atoms. The normalized spacial score (nSPS) is 11.8. The van der Waals surface area contributed by atoms with Gasteiger partial charge >= 0.3 is 5.97 Å². The minimum atomic E-state index is -0.928. The first-order valence-electron chi connectivity index (χ1n) is 4.73. The average molecular weight is 222 g/mol. The third-order valence-electron chi connectivity index (χ3n) is 2.02. The highest BCUT2D eigenvalue weighted by atomic mass is 19.1. The molecule has 1 rings (SSSR count). The van der Waals surface area contributed by atoms with E-state index in [4.69, 9.17) is 10.4 Å². The number of aliphatic carboxylic acids is 1. The molecule has 0 aliphatic carbocycles. The predicted octanol–water partition coefficient (Wildman–Crippen LogP) is 1.45. The summed E-state index contributed by atoms with van der Waals surface area (Å²) in [5.41, 5.74) is 0.620. The molecule has 16 heavy (non-hydrogen) atoms. The van der Waals surface area contributed by atoms with Gasteiger partial charge in [0.2, 0.25) is 0 Å². The van der Waals surface area contributed by atoms with Crippen LogP contribution in [-0.2, 0) is 4.79 Å². The SMILES string of the molecule is N#CC(NCCC(=O)O)c1ccc(F)cc1. The second-order valence-electron chi connectivity index (χ2n) is 3.21. The average Bonchev–Trinajstić information content (AvgIpc) is 2.26. The number of nitrogens with zero attached hydrogens (tertiary/aromatic N) is 1. The minimum Gasteiger partial charge on any atom is -0.481 e. The fourth-order valence-corrected chi connectivity index (χ4v) is 1.22. The van der Waals surface area contributed by atoms with Gasteiger partial charge in [0.1, 0.15) is 11.9 Å². The van der Waals surface area contributed by atoms with E-state index < -0.39 is 12.0 Å². The van der Waals surface area contributed by atoms with Crippen molar-refractivity contribution in [2.45, 2.75) is 12.5 Å². The number of rotatable bonds is 5. The Hall–Kier alpha value is -1.93. The smallest absolute Gasteiger partial charge is 0.304 e. The van der Waals surface area contributed by atoms with Gasteiger partial charge in [-0.15, -0.1) is 0 Å². The van der Waals surface area contributed by atoms with Gasteiger partial charge in [0, 0.05) is 6.54 Å². The largest absolute Gasteiger partial charge is 0.481 e. The van der Waals surface area contributed by atoms with E-state index in [1.807, 2.05) is 6.07 Å². The number of carbonyl (C=O) groups is 1. The molecule has 5 heteroatoms. The van der Waals surface area contributed by atoms with Crippen molar-refractivity contribution in [2.75, 3.05) is 6.54 Å². The fraction of sp³-hybridized carbons (Fsp3) is 0.273. The highest BCUT2D eigenvalue weighted by molar-refractivity contribution is 5.66. The zero-order valence-electron chi connectivity index (χ0n) is 8.48. The molecule has 84 valence electrons. The molecule has 1 atom stereocenters. The van der Waals surface area contributed by atoms with Crippen molar-refractivity contribution in [1.82, 2.24) is 5.32 Å². The number of benzene rings is 1. The van der Waals surface area contributed by atoms with Crippen LogP contribution in [0.4, 0.5) is 4.39 Å². The molecular weight excluding hydrogens is 211 g/mol. The molecule has 1 unspecified atom stereocenters. The van der Waals surface area contributed by atoms with Crippen LogP contribution < -0.4 is 5.32 Å². The van der Waals surface area contributed by atoms with Gasteiger partial charge < -0.3 is 5.11 Å². The summed E-state index contributed by atoms with van der Waals surface area (Å²) in [7, 11) is 0. The molecule has 0 fully saturated rings. The summed E-state index contributed by atoms with van der Waals surface area (Å²) >= 11 is 0. The number of nitrogens with one attached hydrogen (secondary N) is 1. The topological polar surface area (TPSA) is 73.1 Å². The lowest BCUT2D eigenvalue weighted by molar-refractivity contribution is -0.136. The van der Waals surface area contributed by atoms with Crippen LogP contribution >= 0.6 is 0 Å². The number of hydrogen-bond acceptors (Lipinski definition) is 3. The highest BCUT2D eigenvalue weighted by Crippen LogP contribution is 2.12. The number of hydrogen-bond donors (Lipinski definition) is 2. The molecule has 0 aromatic heterocycles. The summed E-state index contributed by atoms with van der Waals surface area (Å²) in [4.78, 5) is 10.3. The first kappa shape index (κ1) is 12.1. The maximum Gasteiger partial charge on any atom is 0.304 e. The first-order valence-corrected chi connectivity index (χ1v) is 4.73. The molecule has 0 saturated heterocycles. The monoisotopic (exact) mass is 222 g/mol. The Morgan fingerprint density at radius 3 is 2.62 bits per heavy atom. The van der Waals surface area contributed by atoms with Crippen molar-refractivity contribution in [3.05, 3.63) is 35.6 Å². The van der Waals surface area contributed by atoms with Crippen LogP contribution in [0, 0.1) is 17.1 Å². The van der Waals surface area contributed by atoms with Crippen molar-refractivity contribution in [3.63, 3.8) is 0 Å². The molecule has 0 radical (unpaired) electrons. The van der Waals surface area contributed by atoms with Gasteiger partial charge in [-0.3, -0.25) is 10.1 Å². The van der Waals surface area contributed by atoms with Crippen LogP contribution in [0.2, 0.25) is 0 Å². The molecule has 4 nitrogen and oxygen atoms in total. The van der Waals surface area contributed by atoms with E-state index in [9.17, 15) is 9.18 Å². The molecule has 2 N–H and O–H groups in total. The Morgan fingerprint density at radius 1 is 1.50 bits per heavy atom. The lowest BCUT2D eigenvalue weighted by Crippen LogP contribution is -2.22. The van der Waals surface area contributed by atoms with E-state index in [0.717, 1.165) is 0 Å². The Bertz CT molecular complexity index is 397. The Kier molecular flexibility index (Phi) is 4.42. The first-order chi connectivity index (χ1) is 7.63. The highest BCUT2D eigenvalue weighted by Gasteiger charge is 2.09.